The lowest BCUT2D eigenvalue weighted by Gasteiger charge is -2.43. The van der Waals surface area contributed by atoms with Crippen LogP contribution in [-0.4, -0.2) is 31.7 Å². The fourth-order valence-corrected chi connectivity index (χ4v) is 8.81. The predicted octanol–water partition coefficient (Wildman–Crippen LogP) is 5.02. The molecule has 0 aliphatic rings. The predicted molar refractivity (Wildman–Crippen MR) is 90.8 cm³/mol. The molecule has 5 nitrogen and oxygen atoms in total. The van der Waals surface area contributed by atoms with E-state index in [0.717, 1.165) is 0 Å². The SMILES string of the molecule is CC[C@@](C)(O)[C@@H](CO[Si](C(C)C)(C(C)C)C(C)C)N=[N+]=[N-]. The molecule has 21 heavy (non-hydrogen) atoms. The first-order valence-corrected chi connectivity index (χ1v) is 10.1. The van der Waals surface area contributed by atoms with Crippen LogP contribution in [0.2, 0.25) is 16.6 Å². The smallest absolute Gasteiger partial charge is 0.200 e. The summed E-state index contributed by atoms with van der Waals surface area (Å²) in [4.78, 5) is 2.89. The molecule has 0 amide bonds. The highest BCUT2D eigenvalue weighted by Gasteiger charge is 2.46. The number of nitrogens with zero attached hydrogens (tertiary/aromatic N) is 3. The highest BCUT2D eigenvalue weighted by atomic mass is 28.4. The highest BCUT2D eigenvalue weighted by Crippen LogP contribution is 2.42. The van der Waals surface area contributed by atoms with Gasteiger partial charge in [0.15, 0.2) is 8.32 Å². The molecular weight excluding hydrogens is 282 g/mol. The van der Waals surface area contributed by atoms with Crippen LogP contribution < -0.4 is 0 Å². The Morgan fingerprint density at radius 2 is 1.57 bits per heavy atom. The molecule has 2 atom stereocenters. The van der Waals surface area contributed by atoms with E-state index in [2.05, 4.69) is 51.6 Å². The van der Waals surface area contributed by atoms with Gasteiger partial charge in [-0.1, -0.05) is 53.6 Å². The second-order valence-corrected chi connectivity index (χ2v) is 12.5. The summed E-state index contributed by atoms with van der Waals surface area (Å²) in [6, 6.07) is -0.546. The van der Waals surface area contributed by atoms with Gasteiger partial charge in [0.25, 0.3) is 0 Å². The van der Waals surface area contributed by atoms with Gasteiger partial charge in [0.1, 0.15) is 0 Å². The maximum atomic E-state index is 10.4. The van der Waals surface area contributed by atoms with E-state index >= 15 is 0 Å². The maximum Gasteiger partial charge on any atom is 0.200 e. The summed E-state index contributed by atoms with van der Waals surface area (Å²) in [5.41, 5.74) is 9.13. The summed E-state index contributed by atoms with van der Waals surface area (Å²) in [5, 5.41) is 14.2. The zero-order chi connectivity index (χ0) is 16.8. The van der Waals surface area contributed by atoms with Crippen molar-refractivity contribution in [3.63, 3.8) is 0 Å². The normalized spacial score (nSPS) is 17.0. The second-order valence-electron chi connectivity index (χ2n) is 7.06. The molecule has 0 aliphatic carbocycles. The number of rotatable bonds is 9. The van der Waals surface area contributed by atoms with E-state index in [1.54, 1.807) is 6.92 Å². The molecule has 0 saturated carbocycles. The average molecular weight is 316 g/mol. The zero-order valence-electron chi connectivity index (χ0n) is 14.9. The summed E-state index contributed by atoms with van der Waals surface area (Å²) in [5.74, 6) is 0. The minimum Gasteiger partial charge on any atom is -0.416 e. The molecule has 0 aromatic carbocycles. The van der Waals surface area contributed by atoms with Crippen LogP contribution in [0.4, 0.5) is 0 Å². The number of hydrogen-bond donors (Lipinski definition) is 1. The molecule has 0 saturated heterocycles. The van der Waals surface area contributed by atoms with Crippen LogP contribution in [0.25, 0.3) is 10.4 Å². The fraction of sp³-hybridized carbons (Fsp3) is 1.00. The van der Waals surface area contributed by atoms with Gasteiger partial charge in [0, 0.05) is 11.5 Å². The number of aliphatic hydroxyl groups is 1. The van der Waals surface area contributed by atoms with Crippen molar-refractivity contribution in [1.82, 2.24) is 0 Å². The van der Waals surface area contributed by atoms with Crippen LogP contribution in [0.3, 0.4) is 0 Å². The van der Waals surface area contributed by atoms with Crippen LogP contribution in [0.5, 0.6) is 0 Å². The quantitative estimate of drug-likeness (QED) is 0.281. The lowest BCUT2D eigenvalue weighted by Crippen LogP contribution is -2.51. The van der Waals surface area contributed by atoms with Gasteiger partial charge in [-0.15, -0.1) is 0 Å². The van der Waals surface area contributed by atoms with E-state index < -0.39 is 20.0 Å². The summed E-state index contributed by atoms with van der Waals surface area (Å²) in [6.07, 6.45) is 0.527. The molecule has 0 fully saturated rings. The molecule has 0 aromatic rings. The largest absolute Gasteiger partial charge is 0.416 e. The second kappa shape index (κ2) is 8.18. The monoisotopic (exact) mass is 315 g/mol. The summed E-state index contributed by atoms with van der Waals surface area (Å²) < 4.78 is 6.43. The molecule has 0 radical (unpaired) electrons. The molecule has 6 heteroatoms. The van der Waals surface area contributed by atoms with Crippen LogP contribution >= 0.6 is 0 Å². The van der Waals surface area contributed by atoms with E-state index in [1.165, 1.54) is 0 Å². The Balaban J connectivity index is 5.32. The van der Waals surface area contributed by atoms with Gasteiger partial charge in [0.2, 0.25) is 0 Å². The van der Waals surface area contributed by atoms with Crippen LogP contribution in [0.15, 0.2) is 5.11 Å². The molecule has 0 rings (SSSR count). The molecular formula is C15H33N3O2Si. The summed E-state index contributed by atoms with van der Waals surface area (Å²) in [7, 11) is -2.01. The minimum absolute atomic E-state index is 0.297. The average Bonchev–Trinajstić information content (AvgIpc) is 2.36. The van der Waals surface area contributed by atoms with E-state index in [0.29, 0.717) is 29.7 Å². The molecule has 0 aromatic heterocycles. The third-order valence-corrected chi connectivity index (χ3v) is 10.9. The van der Waals surface area contributed by atoms with Gasteiger partial charge in [-0.2, -0.15) is 0 Å². The first-order chi connectivity index (χ1) is 9.56. The lowest BCUT2D eigenvalue weighted by atomic mass is 9.95. The summed E-state index contributed by atoms with van der Waals surface area (Å²) in [6.45, 7) is 17.2. The van der Waals surface area contributed by atoms with Crippen molar-refractivity contribution in [3.8, 4) is 0 Å². The van der Waals surface area contributed by atoms with Gasteiger partial charge >= 0.3 is 0 Å². The van der Waals surface area contributed by atoms with Gasteiger partial charge < -0.3 is 9.53 Å². The number of hydrogen-bond acceptors (Lipinski definition) is 3. The zero-order valence-corrected chi connectivity index (χ0v) is 15.9. The van der Waals surface area contributed by atoms with Crippen molar-refractivity contribution in [2.24, 2.45) is 5.11 Å². The molecule has 124 valence electrons. The third-order valence-electron chi connectivity index (χ3n) is 4.82. The Kier molecular flexibility index (Phi) is 7.96. The molecule has 0 bridgehead atoms. The van der Waals surface area contributed by atoms with Crippen LogP contribution in [0.1, 0.15) is 61.8 Å². The van der Waals surface area contributed by atoms with Crippen molar-refractivity contribution in [2.45, 2.75) is 90.1 Å². The molecule has 1 N–H and O–H groups in total. The maximum absolute atomic E-state index is 10.4. The Labute approximate surface area is 130 Å². The van der Waals surface area contributed by atoms with Crippen molar-refractivity contribution >= 4 is 8.32 Å². The first-order valence-electron chi connectivity index (χ1n) is 7.96. The number of azide groups is 1. The fourth-order valence-electron chi connectivity index (χ4n) is 3.36. The Bertz CT molecular complexity index is 342. The van der Waals surface area contributed by atoms with E-state index in [9.17, 15) is 5.11 Å². The Hall–Kier alpha value is -0.553. The molecule has 0 spiro atoms. The Morgan fingerprint density at radius 1 is 1.14 bits per heavy atom. The van der Waals surface area contributed by atoms with Crippen molar-refractivity contribution in [1.29, 1.82) is 0 Å². The van der Waals surface area contributed by atoms with E-state index in [-0.39, 0.29) is 0 Å². The van der Waals surface area contributed by atoms with Crippen molar-refractivity contribution < 1.29 is 9.53 Å². The van der Waals surface area contributed by atoms with Gasteiger partial charge in [-0.3, -0.25) is 0 Å². The minimum atomic E-state index is -2.01. The topological polar surface area (TPSA) is 78.2 Å². The third kappa shape index (κ3) is 4.71. The van der Waals surface area contributed by atoms with E-state index in [4.69, 9.17) is 9.96 Å². The van der Waals surface area contributed by atoms with Crippen molar-refractivity contribution in [2.75, 3.05) is 6.61 Å². The van der Waals surface area contributed by atoms with Gasteiger partial charge in [-0.05, 0) is 35.5 Å². The first kappa shape index (κ1) is 20.4. The molecule has 0 heterocycles. The molecule has 0 unspecified atom stereocenters. The standard InChI is InChI=1S/C15H33N3O2Si/c1-9-15(8,19)14(17-18-16)10-20-21(11(2)3,12(4)5)13(6)7/h11-14,19H,9-10H2,1-8H3/t14-,15-/m1/s1. The lowest BCUT2D eigenvalue weighted by molar-refractivity contribution is 0.0113. The molecule has 0 aliphatic heterocycles. The van der Waals surface area contributed by atoms with Crippen LogP contribution in [-0.2, 0) is 4.43 Å². The highest BCUT2D eigenvalue weighted by molar-refractivity contribution is 6.77. The van der Waals surface area contributed by atoms with Crippen LogP contribution in [0, 0.1) is 0 Å². The Morgan fingerprint density at radius 3 is 1.86 bits per heavy atom. The van der Waals surface area contributed by atoms with Gasteiger partial charge in [-0.25, -0.2) is 0 Å². The summed E-state index contributed by atoms with van der Waals surface area (Å²) >= 11 is 0. The van der Waals surface area contributed by atoms with Crippen molar-refractivity contribution in [3.05, 3.63) is 10.4 Å². The van der Waals surface area contributed by atoms with E-state index in [1.807, 2.05) is 6.92 Å². The van der Waals surface area contributed by atoms with Gasteiger partial charge in [0.05, 0.1) is 11.6 Å².